The summed E-state index contributed by atoms with van der Waals surface area (Å²) in [5, 5.41) is 11.5. The quantitative estimate of drug-likeness (QED) is 0.232. The second kappa shape index (κ2) is 10.9. The molecule has 3 aromatic rings. The highest BCUT2D eigenvalue weighted by Crippen LogP contribution is 2.29. The van der Waals surface area contributed by atoms with Crippen molar-refractivity contribution in [3.8, 4) is 0 Å². The molecule has 0 spiro atoms. The summed E-state index contributed by atoms with van der Waals surface area (Å²) in [7, 11) is 0. The smallest absolute Gasteiger partial charge is 0.191 e. The van der Waals surface area contributed by atoms with Gasteiger partial charge in [0.15, 0.2) is 6.23 Å². The van der Waals surface area contributed by atoms with Gasteiger partial charge in [0.25, 0.3) is 0 Å². The molecule has 0 saturated carbocycles. The molecule has 0 radical (unpaired) electrons. The van der Waals surface area contributed by atoms with Gasteiger partial charge in [0.2, 0.25) is 0 Å². The lowest BCUT2D eigenvalue weighted by molar-refractivity contribution is -1.01. The van der Waals surface area contributed by atoms with E-state index < -0.39 is 6.23 Å². The van der Waals surface area contributed by atoms with Gasteiger partial charge in [0.05, 0.1) is 0 Å². The molecule has 0 fully saturated rings. The second-order valence-corrected chi connectivity index (χ2v) is 8.13. The summed E-state index contributed by atoms with van der Waals surface area (Å²) < 4.78 is 0.627. The Bertz CT molecular complexity index is 716. The first-order chi connectivity index (χ1) is 14.2. The van der Waals surface area contributed by atoms with Gasteiger partial charge in [-0.15, -0.1) is 0 Å². The first kappa shape index (κ1) is 21.3. The van der Waals surface area contributed by atoms with Crippen molar-refractivity contribution >= 4 is 0 Å². The Hall–Kier alpha value is -2.42. The van der Waals surface area contributed by atoms with Crippen molar-refractivity contribution in [2.45, 2.75) is 58.5 Å². The van der Waals surface area contributed by atoms with E-state index >= 15 is 0 Å². The van der Waals surface area contributed by atoms with E-state index in [1.54, 1.807) is 0 Å². The first-order valence-electron chi connectivity index (χ1n) is 10.9. The monoisotopic (exact) mass is 388 g/mol. The minimum Gasteiger partial charge on any atom is -0.345 e. The number of benzene rings is 3. The van der Waals surface area contributed by atoms with E-state index in [0.29, 0.717) is 4.48 Å². The number of quaternary nitrogens is 1. The highest BCUT2D eigenvalue weighted by Gasteiger charge is 2.36. The predicted octanol–water partition coefficient (Wildman–Crippen LogP) is 6.30. The molecule has 1 unspecified atom stereocenters. The fourth-order valence-corrected chi connectivity index (χ4v) is 4.18. The minimum absolute atomic E-state index is 0.401. The van der Waals surface area contributed by atoms with E-state index in [1.807, 2.05) is 0 Å². The van der Waals surface area contributed by atoms with E-state index in [9.17, 15) is 5.11 Å². The van der Waals surface area contributed by atoms with E-state index in [1.165, 1.54) is 29.5 Å². The van der Waals surface area contributed by atoms with Crippen LogP contribution in [0.5, 0.6) is 0 Å². The summed E-state index contributed by atoms with van der Waals surface area (Å²) in [5.74, 6) is 0. The zero-order valence-corrected chi connectivity index (χ0v) is 17.6. The maximum absolute atomic E-state index is 11.5. The molecule has 0 aliphatic carbocycles. The molecule has 2 heteroatoms. The number of hydrogen-bond acceptors (Lipinski definition) is 1. The van der Waals surface area contributed by atoms with Crippen LogP contribution in [0.15, 0.2) is 91.0 Å². The van der Waals surface area contributed by atoms with Crippen molar-refractivity contribution in [3.05, 3.63) is 108 Å². The Morgan fingerprint density at radius 1 is 0.621 bits per heavy atom. The van der Waals surface area contributed by atoms with Gasteiger partial charge < -0.3 is 5.11 Å². The van der Waals surface area contributed by atoms with Crippen LogP contribution >= 0.6 is 0 Å². The normalized spacial score (nSPS) is 12.6. The van der Waals surface area contributed by atoms with E-state index in [4.69, 9.17) is 0 Å². The standard InChI is InChI=1S/C27H34NO/c1-2-3-7-20-27(29)28(21-24-14-8-4-9-15-24,22-25-16-10-5-11-17-25)23-26-18-12-6-13-19-26/h4-6,8-19,27,29H,2-3,7,20-23H2,1H3/q+1. The van der Waals surface area contributed by atoms with Gasteiger partial charge >= 0.3 is 0 Å². The van der Waals surface area contributed by atoms with Crippen molar-refractivity contribution in [2.75, 3.05) is 0 Å². The van der Waals surface area contributed by atoms with Crippen LogP contribution in [0.1, 0.15) is 49.3 Å². The van der Waals surface area contributed by atoms with Gasteiger partial charge in [-0.25, -0.2) is 0 Å². The molecule has 0 heterocycles. The Balaban J connectivity index is 1.97. The lowest BCUT2D eigenvalue weighted by Gasteiger charge is -2.43. The summed E-state index contributed by atoms with van der Waals surface area (Å²) in [4.78, 5) is 0. The number of unbranched alkanes of at least 4 members (excludes halogenated alkanes) is 2. The highest BCUT2D eigenvalue weighted by molar-refractivity contribution is 5.17. The third-order valence-corrected chi connectivity index (χ3v) is 5.72. The molecule has 3 rings (SSSR count). The second-order valence-electron chi connectivity index (χ2n) is 8.13. The maximum atomic E-state index is 11.5. The van der Waals surface area contributed by atoms with Crippen molar-refractivity contribution in [1.29, 1.82) is 0 Å². The Morgan fingerprint density at radius 2 is 1.00 bits per heavy atom. The molecule has 0 aliphatic rings. The number of nitrogens with zero attached hydrogens (tertiary/aromatic N) is 1. The highest BCUT2D eigenvalue weighted by atomic mass is 16.3. The molecular weight excluding hydrogens is 354 g/mol. The van der Waals surface area contributed by atoms with Crippen molar-refractivity contribution in [1.82, 2.24) is 0 Å². The molecule has 0 amide bonds. The minimum atomic E-state index is -0.401. The average molecular weight is 389 g/mol. The summed E-state index contributed by atoms with van der Waals surface area (Å²) in [6.07, 6.45) is 3.83. The summed E-state index contributed by atoms with van der Waals surface area (Å²) in [6.45, 7) is 4.67. The Morgan fingerprint density at radius 3 is 1.34 bits per heavy atom. The van der Waals surface area contributed by atoms with Crippen molar-refractivity contribution in [3.63, 3.8) is 0 Å². The first-order valence-corrected chi connectivity index (χ1v) is 10.9. The van der Waals surface area contributed by atoms with Gasteiger partial charge in [-0.2, -0.15) is 0 Å². The van der Waals surface area contributed by atoms with E-state index in [0.717, 1.165) is 32.5 Å². The lowest BCUT2D eigenvalue weighted by atomic mass is 10.0. The van der Waals surface area contributed by atoms with Crippen LogP contribution in [0.3, 0.4) is 0 Å². The molecule has 29 heavy (non-hydrogen) atoms. The number of hydrogen-bond donors (Lipinski definition) is 1. The summed E-state index contributed by atoms with van der Waals surface area (Å²) in [5.41, 5.74) is 3.82. The predicted molar refractivity (Wildman–Crippen MR) is 121 cm³/mol. The van der Waals surface area contributed by atoms with Gasteiger partial charge in [0, 0.05) is 23.1 Å². The molecule has 3 aromatic carbocycles. The molecule has 152 valence electrons. The maximum Gasteiger partial charge on any atom is 0.191 e. The SMILES string of the molecule is CCCCCC(O)[N+](Cc1ccccc1)(Cc1ccccc1)Cc1ccccc1. The number of aliphatic hydroxyl groups excluding tert-OH is 1. The van der Waals surface area contributed by atoms with E-state index in [-0.39, 0.29) is 0 Å². The molecule has 1 N–H and O–H groups in total. The van der Waals surface area contributed by atoms with Crippen molar-refractivity contribution < 1.29 is 9.59 Å². The third kappa shape index (κ3) is 6.28. The lowest BCUT2D eigenvalue weighted by Crippen LogP contribution is -2.53. The van der Waals surface area contributed by atoms with Gasteiger partial charge in [-0.3, -0.25) is 4.48 Å². The van der Waals surface area contributed by atoms with E-state index in [2.05, 4.69) is 97.9 Å². The zero-order chi connectivity index (χ0) is 20.4. The fraction of sp³-hybridized carbons (Fsp3) is 0.333. The number of aliphatic hydroxyl groups is 1. The largest absolute Gasteiger partial charge is 0.345 e. The molecule has 0 aromatic heterocycles. The molecular formula is C27H34NO+. The van der Waals surface area contributed by atoms with Crippen LogP contribution in [-0.2, 0) is 19.6 Å². The third-order valence-electron chi connectivity index (χ3n) is 5.72. The van der Waals surface area contributed by atoms with Crippen LogP contribution in [0.25, 0.3) is 0 Å². The van der Waals surface area contributed by atoms with Crippen molar-refractivity contribution in [2.24, 2.45) is 0 Å². The van der Waals surface area contributed by atoms with Crippen LogP contribution in [0.4, 0.5) is 0 Å². The van der Waals surface area contributed by atoms with Crippen LogP contribution in [-0.4, -0.2) is 15.8 Å². The molecule has 0 bridgehead atoms. The molecule has 0 saturated heterocycles. The molecule has 2 nitrogen and oxygen atoms in total. The van der Waals surface area contributed by atoms with Crippen LogP contribution < -0.4 is 0 Å². The Labute approximate surface area is 176 Å². The van der Waals surface area contributed by atoms with Crippen LogP contribution in [0.2, 0.25) is 0 Å². The average Bonchev–Trinajstić information content (AvgIpc) is 2.76. The molecule has 1 atom stereocenters. The topological polar surface area (TPSA) is 20.2 Å². The summed E-state index contributed by atoms with van der Waals surface area (Å²) in [6, 6.07) is 31.8. The summed E-state index contributed by atoms with van der Waals surface area (Å²) >= 11 is 0. The fourth-order valence-electron chi connectivity index (χ4n) is 4.18. The van der Waals surface area contributed by atoms with Gasteiger partial charge in [-0.1, -0.05) is 111 Å². The molecule has 0 aliphatic heterocycles. The Kier molecular flexibility index (Phi) is 8.03. The number of rotatable bonds is 11. The van der Waals surface area contributed by atoms with Gasteiger partial charge in [-0.05, 0) is 6.42 Å². The van der Waals surface area contributed by atoms with Gasteiger partial charge in [0.1, 0.15) is 19.6 Å². The zero-order valence-electron chi connectivity index (χ0n) is 17.6. The van der Waals surface area contributed by atoms with Crippen LogP contribution in [0, 0.1) is 0 Å².